The monoisotopic (exact) mass is 477 g/mol. The van der Waals surface area contributed by atoms with Crippen molar-refractivity contribution in [3.63, 3.8) is 0 Å². The molecular formula is C28H35N3O4. The van der Waals surface area contributed by atoms with E-state index in [1.54, 1.807) is 13.2 Å². The number of rotatable bonds is 8. The molecule has 0 aliphatic carbocycles. The Labute approximate surface area is 206 Å². The van der Waals surface area contributed by atoms with Crippen molar-refractivity contribution >= 4 is 10.9 Å². The van der Waals surface area contributed by atoms with Crippen LogP contribution in [0.2, 0.25) is 0 Å². The second-order valence-electron chi connectivity index (χ2n) is 9.37. The van der Waals surface area contributed by atoms with E-state index in [-0.39, 0.29) is 5.56 Å². The molecule has 0 saturated carbocycles. The van der Waals surface area contributed by atoms with Gasteiger partial charge in [0, 0.05) is 43.2 Å². The molecule has 2 aromatic carbocycles. The fourth-order valence-electron chi connectivity index (χ4n) is 5.14. The second-order valence-corrected chi connectivity index (χ2v) is 9.37. The Kier molecular flexibility index (Phi) is 7.25. The number of likely N-dealkylation sites (tertiary alicyclic amines) is 1. The third kappa shape index (κ3) is 5.31. The van der Waals surface area contributed by atoms with E-state index in [1.807, 2.05) is 22.8 Å². The number of pyridine rings is 1. The van der Waals surface area contributed by atoms with Crippen molar-refractivity contribution in [2.45, 2.75) is 45.3 Å². The minimum Gasteiger partial charge on any atom is -0.497 e. The minimum atomic E-state index is 0.0681. The first-order valence-corrected chi connectivity index (χ1v) is 12.7. The van der Waals surface area contributed by atoms with Gasteiger partial charge in [0.2, 0.25) is 0 Å². The predicted molar refractivity (Wildman–Crippen MR) is 138 cm³/mol. The molecule has 3 heterocycles. The maximum Gasteiger partial charge on any atom is 0.251 e. The zero-order valence-corrected chi connectivity index (χ0v) is 20.7. The summed E-state index contributed by atoms with van der Waals surface area (Å²) in [7, 11) is 1.67. The van der Waals surface area contributed by atoms with Crippen molar-refractivity contribution < 1.29 is 14.2 Å². The lowest BCUT2D eigenvalue weighted by Gasteiger charge is -2.32. The maximum absolute atomic E-state index is 12.9. The van der Waals surface area contributed by atoms with Crippen LogP contribution in [0.4, 0.5) is 0 Å². The summed E-state index contributed by atoms with van der Waals surface area (Å²) in [6.07, 6.45) is 3.04. The highest BCUT2D eigenvalue weighted by atomic mass is 16.6. The van der Waals surface area contributed by atoms with Gasteiger partial charge in [0.1, 0.15) is 19.0 Å². The molecule has 0 amide bonds. The van der Waals surface area contributed by atoms with Gasteiger partial charge in [-0.25, -0.2) is 0 Å². The molecule has 0 unspecified atom stereocenters. The molecule has 1 saturated heterocycles. The quantitative estimate of drug-likeness (QED) is 0.535. The van der Waals surface area contributed by atoms with Crippen LogP contribution in [0.5, 0.6) is 17.2 Å². The maximum atomic E-state index is 12.9. The average molecular weight is 478 g/mol. The summed E-state index contributed by atoms with van der Waals surface area (Å²) in [5.74, 6) is 2.46. The van der Waals surface area contributed by atoms with Gasteiger partial charge in [-0.05, 0) is 67.7 Å². The van der Waals surface area contributed by atoms with E-state index in [1.165, 1.54) is 5.56 Å². The number of hydrogen-bond donors (Lipinski definition) is 1. The molecule has 1 fully saturated rings. The van der Waals surface area contributed by atoms with E-state index < -0.39 is 0 Å². The zero-order chi connectivity index (χ0) is 24.2. The van der Waals surface area contributed by atoms with Gasteiger partial charge in [-0.2, -0.15) is 0 Å². The molecule has 7 nitrogen and oxygen atoms in total. The smallest absolute Gasteiger partial charge is 0.251 e. The first kappa shape index (κ1) is 23.7. The number of piperidine rings is 1. The number of aryl methyl sites for hydroxylation is 1. The summed E-state index contributed by atoms with van der Waals surface area (Å²) in [5.41, 5.74) is 3.34. The molecule has 3 aromatic rings. The number of methoxy groups -OCH3 is 1. The third-order valence-corrected chi connectivity index (χ3v) is 7.22. The topological polar surface area (TPSA) is 65.0 Å². The molecule has 0 atom stereocenters. The molecular weight excluding hydrogens is 442 g/mol. The second kappa shape index (κ2) is 10.7. The predicted octanol–water partition coefficient (Wildman–Crippen LogP) is 3.60. The lowest BCUT2D eigenvalue weighted by molar-refractivity contribution is 0.171. The largest absolute Gasteiger partial charge is 0.497 e. The number of nitrogens with one attached hydrogen (secondary N) is 1. The number of ether oxygens (including phenoxy) is 3. The lowest BCUT2D eigenvalue weighted by atomic mass is 10.0. The molecule has 1 aromatic heterocycles. The molecule has 1 N–H and O–H groups in total. The molecule has 0 bridgehead atoms. The summed E-state index contributed by atoms with van der Waals surface area (Å²) in [6.45, 7) is 7.76. The van der Waals surface area contributed by atoms with Crippen molar-refractivity contribution in [2.75, 3.05) is 40.0 Å². The van der Waals surface area contributed by atoms with Gasteiger partial charge in [0.25, 0.3) is 5.56 Å². The van der Waals surface area contributed by atoms with Crippen molar-refractivity contribution in [1.82, 2.24) is 14.8 Å². The first-order valence-electron chi connectivity index (χ1n) is 12.7. The molecule has 35 heavy (non-hydrogen) atoms. The van der Waals surface area contributed by atoms with Gasteiger partial charge in [-0.3, -0.25) is 4.79 Å². The van der Waals surface area contributed by atoms with Crippen LogP contribution < -0.4 is 25.1 Å². The van der Waals surface area contributed by atoms with Crippen LogP contribution in [-0.2, 0) is 19.5 Å². The molecule has 2 aliphatic heterocycles. The number of hydrogen-bond acceptors (Lipinski definition) is 6. The Bertz CT molecular complexity index is 1230. The highest BCUT2D eigenvalue weighted by Gasteiger charge is 2.20. The minimum absolute atomic E-state index is 0.0681. The molecule has 186 valence electrons. The van der Waals surface area contributed by atoms with Crippen molar-refractivity contribution in [2.24, 2.45) is 0 Å². The van der Waals surface area contributed by atoms with E-state index in [9.17, 15) is 4.79 Å². The van der Waals surface area contributed by atoms with Gasteiger partial charge < -0.3 is 29.0 Å². The summed E-state index contributed by atoms with van der Waals surface area (Å²) in [6, 6.07) is 14.5. The van der Waals surface area contributed by atoms with E-state index in [4.69, 9.17) is 14.2 Å². The number of fused-ring (bicyclic) bond motifs is 2. The first-order chi connectivity index (χ1) is 17.1. The average Bonchev–Trinajstić information content (AvgIpc) is 2.91. The molecule has 7 heteroatoms. The highest BCUT2D eigenvalue weighted by molar-refractivity contribution is 5.84. The lowest BCUT2D eigenvalue weighted by Crippen LogP contribution is -2.43. The van der Waals surface area contributed by atoms with E-state index in [0.29, 0.717) is 25.8 Å². The summed E-state index contributed by atoms with van der Waals surface area (Å²) < 4.78 is 18.7. The van der Waals surface area contributed by atoms with Crippen molar-refractivity contribution in [1.29, 1.82) is 0 Å². The van der Waals surface area contributed by atoms with Crippen LogP contribution in [0.25, 0.3) is 10.9 Å². The summed E-state index contributed by atoms with van der Waals surface area (Å²) >= 11 is 0. The van der Waals surface area contributed by atoms with E-state index in [2.05, 4.69) is 35.3 Å². The number of benzene rings is 2. The van der Waals surface area contributed by atoms with E-state index >= 15 is 0 Å². The van der Waals surface area contributed by atoms with Gasteiger partial charge >= 0.3 is 0 Å². The Morgan fingerprint density at radius 1 is 1.00 bits per heavy atom. The van der Waals surface area contributed by atoms with Gasteiger partial charge in [0.15, 0.2) is 11.5 Å². The summed E-state index contributed by atoms with van der Waals surface area (Å²) in [4.78, 5) is 15.4. The van der Waals surface area contributed by atoms with Gasteiger partial charge in [0.05, 0.1) is 12.6 Å². The Balaban J connectivity index is 1.16. The van der Waals surface area contributed by atoms with Crippen LogP contribution in [0.3, 0.4) is 0 Å². The van der Waals surface area contributed by atoms with Crippen LogP contribution in [0.1, 0.15) is 30.9 Å². The van der Waals surface area contributed by atoms with Crippen LogP contribution in [0.15, 0.2) is 47.3 Å². The van der Waals surface area contributed by atoms with Crippen molar-refractivity contribution in [3.8, 4) is 17.2 Å². The fourth-order valence-corrected chi connectivity index (χ4v) is 5.14. The van der Waals surface area contributed by atoms with Crippen LogP contribution >= 0.6 is 0 Å². The Morgan fingerprint density at radius 3 is 2.57 bits per heavy atom. The van der Waals surface area contributed by atoms with E-state index in [0.717, 1.165) is 79.2 Å². The standard InChI is InChI=1S/C28H35N3O4/c1-3-21-17-28(32)31(25-18-23(33-2)5-6-24(21)25)13-12-30-10-8-22(9-11-30)29-19-20-4-7-26-27(16-20)35-15-14-34-26/h4-7,16-18,22,29H,3,8-15,19H2,1-2H3. The normalized spacial score (nSPS) is 16.5. The molecule has 0 spiro atoms. The number of aromatic nitrogens is 1. The van der Waals surface area contributed by atoms with Crippen LogP contribution in [-0.4, -0.2) is 55.5 Å². The fraction of sp³-hybridized carbons (Fsp3) is 0.464. The molecule has 5 rings (SSSR count). The van der Waals surface area contributed by atoms with Gasteiger partial charge in [-0.15, -0.1) is 0 Å². The molecule has 0 radical (unpaired) electrons. The number of nitrogens with zero attached hydrogens (tertiary/aromatic N) is 2. The third-order valence-electron chi connectivity index (χ3n) is 7.22. The Hall–Kier alpha value is -3.03. The van der Waals surface area contributed by atoms with Crippen molar-refractivity contribution in [3.05, 3.63) is 63.9 Å². The molecule has 2 aliphatic rings. The van der Waals surface area contributed by atoms with Gasteiger partial charge in [-0.1, -0.05) is 13.0 Å². The summed E-state index contributed by atoms with van der Waals surface area (Å²) in [5, 5.41) is 4.84. The SMILES string of the molecule is CCc1cc(=O)n(CCN2CCC(NCc3ccc4c(c3)OCCO4)CC2)c2cc(OC)ccc12. The van der Waals surface area contributed by atoms with Crippen LogP contribution in [0, 0.1) is 0 Å². The zero-order valence-electron chi connectivity index (χ0n) is 20.7. The highest BCUT2D eigenvalue weighted by Crippen LogP contribution is 2.31. The Morgan fingerprint density at radius 2 is 1.80 bits per heavy atom.